The minimum Gasteiger partial charge on any atom is -0.356 e. The van der Waals surface area contributed by atoms with Crippen molar-refractivity contribution in [2.75, 3.05) is 19.6 Å². The van der Waals surface area contributed by atoms with Crippen LogP contribution in [0.25, 0.3) is 0 Å². The minimum atomic E-state index is -0.224. The van der Waals surface area contributed by atoms with Gasteiger partial charge in [0, 0.05) is 12.0 Å². The van der Waals surface area contributed by atoms with Gasteiger partial charge < -0.3 is 10.6 Å². The Morgan fingerprint density at radius 2 is 1.86 bits per heavy atom. The Balaban J connectivity index is 3.54. The molecule has 0 radical (unpaired) electrons. The average molecular weight is 200 g/mol. The first-order valence-electron chi connectivity index (χ1n) is 5.53. The molecule has 0 aromatic carbocycles. The Kier molecular flexibility index (Phi) is 6.54. The van der Waals surface area contributed by atoms with E-state index >= 15 is 0 Å². The van der Waals surface area contributed by atoms with Crippen molar-refractivity contribution in [3.05, 3.63) is 0 Å². The zero-order valence-corrected chi connectivity index (χ0v) is 9.94. The SMILES string of the molecule is CCNCCCNC(=O)C(C)(C)CC. The van der Waals surface area contributed by atoms with Crippen LogP contribution in [0.5, 0.6) is 0 Å². The van der Waals surface area contributed by atoms with E-state index in [4.69, 9.17) is 0 Å². The second-order valence-corrected chi connectivity index (χ2v) is 4.20. The van der Waals surface area contributed by atoms with E-state index in [9.17, 15) is 4.79 Å². The second kappa shape index (κ2) is 6.82. The van der Waals surface area contributed by atoms with E-state index in [1.54, 1.807) is 0 Å². The van der Waals surface area contributed by atoms with Gasteiger partial charge in [0.15, 0.2) is 0 Å². The van der Waals surface area contributed by atoms with Gasteiger partial charge in [-0.2, -0.15) is 0 Å². The van der Waals surface area contributed by atoms with Crippen molar-refractivity contribution < 1.29 is 4.79 Å². The van der Waals surface area contributed by atoms with Gasteiger partial charge in [-0.25, -0.2) is 0 Å². The molecule has 3 heteroatoms. The first-order valence-corrected chi connectivity index (χ1v) is 5.53. The van der Waals surface area contributed by atoms with Crippen molar-refractivity contribution in [1.29, 1.82) is 0 Å². The lowest BCUT2D eigenvalue weighted by atomic mass is 9.89. The molecular formula is C11H24N2O. The maximum Gasteiger partial charge on any atom is 0.225 e. The molecule has 14 heavy (non-hydrogen) atoms. The molecule has 0 heterocycles. The molecule has 0 aliphatic carbocycles. The van der Waals surface area contributed by atoms with E-state index in [-0.39, 0.29) is 11.3 Å². The molecule has 0 spiro atoms. The first-order chi connectivity index (χ1) is 6.54. The fourth-order valence-electron chi connectivity index (χ4n) is 0.992. The molecule has 1 amide bonds. The maximum absolute atomic E-state index is 11.6. The quantitative estimate of drug-likeness (QED) is 0.612. The third-order valence-electron chi connectivity index (χ3n) is 2.56. The Morgan fingerprint density at radius 3 is 2.36 bits per heavy atom. The van der Waals surface area contributed by atoms with Gasteiger partial charge in [-0.05, 0) is 25.9 Å². The molecule has 2 N–H and O–H groups in total. The Bertz CT molecular complexity index is 167. The van der Waals surface area contributed by atoms with Crippen LogP contribution in [0.1, 0.15) is 40.5 Å². The third-order valence-corrected chi connectivity index (χ3v) is 2.56. The molecular weight excluding hydrogens is 176 g/mol. The van der Waals surface area contributed by atoms with Crippen molar-refractivity contribution in [3.63, 3.8) is 0 Å². The number of carbonyl (C=O) groups excluding carboxylic acids is 1. The van der Waals surface area contributed by atoms with Crippen LogP contribution in [-0.4, -0.2) is 25.5 Å². The molecule has 0 aliphatic heterocycles. The predicted octanol–water partition coefficient (Wildman–Crippen LogP) is 1.54. The largest absolute Gasteiger partial charge is 0.356 e. The summed E-state index contributed by atoms with van der Waals surface area (Å²) in [7, 11) is 0. The van der Waals surface area contributed by atoms with E-state index in [2.05, 4.69) is 17.6 Å². The lowest BCUT2D eigenvalue weighted by Gasteiger charge is -2.21. The van der Waals surface area contributed by atoms with E-state index < -0.39 is 0 Å². The molecule has 0 aliphatic rings. The molecule has 0 aromatic heterocycles. The molecule has 0 unspecified atom stereocenters. The standard InChI is InChI=1S/C11H24N2O/c1-5-11(3,4)10(14)13-9-7-8-12-6-2/h12H,5-9H2,1-4H3,(H,13,14). The van der Waals surface area contributed by atoms with Crippen molar-refractivity contribution in [1.82, 2.24) is 10.6 Å². The monoisotopic (exact) mass is 200 g/mol. The number of hydrogen-bond acceptors (Lipinski definition) is 2. The molecule has 0 atom stereocenters. The van der Waals surface area contributed by atoms with Crippen LogP contribution in [0, 0.1) is 5.41 Å². The second-order valence-electron chi connectivity index (χ2n) is 4.20. The fraction of sp³-hybridized carbons (Fsp3) is 0.909. The van der Waals surface area contributed by atoms with E-state index in [0.29, 0.717) is 0 Å². The summed E-state index contributed by atoms with van der Waals surface area (Å²) in [4.78, 5) is 11.6. The lowest BCUT2D eigenvalue weighted by Crippen LogP contribution is -2.37. The highest BCUT2D eigenvalue weighted by atomic mass is 16.2. The first kappa shape index (κ1) is 13.4. The van der Waals surface area contributed by atoms with Gasteiger partial charge in [0.25, 0.3) is 0 Å². The van der Waals surface area contributed by atoms with E-state index in [1.165, 1.54) is 0 Å². The summed E-state index contributed by atoms with van der Waals surface area (Å²) in [5.41, 5.74) is -0.224. The molecule has 0 saturated carbocycles. The Morgan fingerprint density at radius 1 is 1.21 bits per heavy atom. The summed E-state index contributed by atoms with van der Waals surface area (Å²) in [6.07, 6.45) is 1.88. The van der Waals surface area contributed by atoms with E-state index in [1.807, 2.05) is 20.8 Å². The van der Waals surface area contributed by atoms with Crippen LogP contribution in [0.4, 0.5) is 0 Å². The summed E-state index contributed by atoms with van der Waals surface area (Å²) in [5, 5.41) is 6.18. The van der Waals surface area contributed by atoms with Gasteiger partial charge >= 0.3 is 0 Å². The molecule has 0 rings (SSSR count). The van der Waals surface area contributed by atoms with Crippen LogP contribution in [0.2, 0.25) is 0 Å². The number of nitrogens with one attached hydrogen (secondary N) is 2. The van der Waals surface area contributed by atoms with Crippen LogP contribution >= 0.6 is 0 Å². The third kappa shape index (κ3) is 5.22. The van der Waals surface area contributed by atoms with Gasteiger partial charge in [0.1, 0.15) is 0 Å². The van der Waals surface area contributed by atoms with Gasteiger partial charge in [0.2, 0.25) is 5.91 Å². The summed E-state index contributed by atoms with van der Waals surface area (Å²) in [6.45, 7) is 10.8. The van der Waals surface area contributed by atoms with Crippen molar-refractivity contribution >= 4 is 5.91 Å². The molecule has 0 bridgehead atoms. The predicted molar refractivity (Wildman–Crippen MR) is 60.2 cm³/mol. The Labute approximate surface area is 87.6 Å². The van der Waals surface area contributed by atoms with E-state index in [0.717, 1.165) is 32.5 Å². The molecule has 0 aromatic rings. The normalized spacial score (nSPS) is 11.4. The summed E-state index contributed by atoms with van der Waals surface area (Å²) >= 11 is 0. The van der Waals surface area contributed by atoms with Crippen molar-refractivity contribution in [2.24, 2.45) is 5.41 Å². The van der Waals surface area contributed by atoms with Gasteiger partial charge in [0.05, 0.1) is 0 Å². The smallest absolute Gasteiger partial charge is 0.225 e. The summed E-state index contributed by atoms with van der Waals surface area (Å²) in [5.74, 6) is 0.163. The van der Waals surface area contributed by atoms with Crippen LogP contribution in [-0.2, 0) is 4.79 Å². The highest BCUT2D eigenvalue weighted by Gasteiger charge is 2.24. The molecule has 0 saturated heterocycles. The average Bonchev–Trinajstić information content (AvgIpc) is 2.17. The number of amides is 1. The van der Waals surface area contributed by atoms with Gasteiger partial charge in [-0.1, -0.05) is 27.7 Å². The topological polar surface area (TPSA) is 41.1 Å². The minimum absolute atomic E-state index is 0.163. The zero-order chi connectivity index (χ0) is 11.0. The van der Waals surface area contributed by atoms with Gasteiger partial charge in [-0.3, -0.25) is 4.79 Å². The molecule has 84 valence electrons. The fourth-order valence-corrected chi connectivity index (χ4v) is 0.992. The zero-order valence-electron chi connectivity index (χ0n) is 9.94. The van der Waals surface area contributed by atoms with Crippen molar-refractivity contribution in [3.8, 4) is 0 Å². The number of carbonyl (C=O) groups is 1. The van der Waals surface area contributed by atoms with Crippen LogP contribution < -0.4 is 10.6 Å². The lowest BCUT2D eigenvalue weighted by molar-refractivity contribution is -0.129. The van der Waals surface area contributed by atoms with Gasteiger partial charge in [-0.15, -0.1) is 0 Å². The summed E-state index contributed by atoms with van der Waals surface area (Å²) < 4.78 is 0. The van der Waals surface area contributed by atoms with Crippen LogP contribution in [0.3, 0.4) is 0 Å². The maximum atomic E-state index is 11.6. The van der Waals surface area contributed by atoms with Crippen LogP contribution in [0.15, 0.2) is 0 Å². The number of rotatable bonds is 7. The molecule has 0 fully saturated rings. The van der Waals surface area contributed by atoms with Crippen molar-refractivity contribution in [2.45, 2.75) is 40.5 Å². The highest BCUT2D eigenvalue weighted by Crippen LogP contribution is 2.18. The molecule has 3 nitrogen and oxygen atoms in total. The number of hydrogen-bond donors (Lipinski definition) is 2. The highest BCUT2D eigenvalue weighted by molar-refractivity contribution is 5.81. The summed E-state index contributed by atoms with van der Waals surface area (Å²) in [6, 6.07) is 0. The Hall–Kier alpha value is -0.570.